The van der Waals surface area contributed by atoms with Gasteiger partial charge in [-0.2, -0.15) is 10.1 Å². The van der Waals surface area contributed by atoms with Crippen LogP contribution in [0.25, 0.3) is 11.0 Å². The van der Waals surface area contributed by atoms with E-state index in [0.29, 0.717) is 22.7 Å². The second-order valence-corrected chi connectivity index (χ2v) is 5.31. The molecule has 0 saturated heterocycles. The Morgan fingerprint density at radius 1 is 1.21 bits per heavy atom. The second-order valence-electron chi connectivity index (χ2n) is 4.04. The van der Waals surface area contributed by atoms with Crippen LogP contribution in [0.2, 0.25) is 5.15 Å². The van der Waals surface area contributed by atoms with Crippen molar-refractivity contribution >= 4 is 44.5 Å². The minimum Gasteiger partial charge on any atom is -0.368 e. The van der Waals surface area contributed by atoms with Crippen LogP contribution in [0.15, 0.2) is 34.9 Å². The molecule has 3 rings (SSSR count). The van der Waals surface area contributed by atoms with E-state index < -0.39 is 0 Å². The predicted molar refractivity (Wildman–Crippen MR) is 78.0 cm³/mol. The molecule has 0 amide bonds. The SMILES string of the molecule is Nc1nc(Cl)c2cnn(Cc3ccc(Br)cc3)c2n1. The van der Waals surface area contributed by atoms with Crippen molar-refractivity contribution in [2.75, 3.05) is 5.73 Å². The monoisotopic (exact) mass is 337 g/mol. The minimum atomic E-state index is 0.148. The third kappa shape index (κ3) is 2.41. The first-order chi connectivity index (χ1) is 9.13. The average Bonchev–Trinajstić information content (AvgIpc) is 2.76. The molecular formula is C12H9BrClN5. The highest BCUT2D eigenvalue weighted by molar-refractivity contribution is 9.10. The average molecular weight is 339 g/mol. The number of fused-ring (bicyclic) bond motifs is 1. The molecule has 2 aromatic heterocycles. The molecule has 0 fully saturated rings. The molecule has 0 unspecified atom stereocenters. The fourth-order valence-electron chi connectivity index (χ4n) is 1.82. The van der Waals surface area contributed by atoms with Gasteiger partial charge in [-0.05, 0) is 17.7 Å². The van der Waals surface area contributed by atoms with E-state index in [4.69, 9.17) is 17.3 Å². The summed E-state index contributed by atoms with van der Waals surface area (Å²) in [6.45, 7) is 0.601. The van der Waals surface area contributed by atoms with Gasteiger partial charge in [0.05, 0.1) is 18.1 Å². The van der Waals surface area contributed by atoms with E-state index in [1.807, 2.05) is 24.3 Å². The molecule has 2 N–H and O–H groups in total. The van der Waals surface area contributed by atoms with Gasteiger partial charge in [0, 0.05) is 4.47 Å². The molecule has 0 saturated carbocycles. The van der Waals surface area contributed by atoms with Crippen LogP contribution in [0, 0.1) is 0 Å². The fourth-order valence-corrected chi connectivity index (χ4v) is 2.30. The number of halogens is 2. The summed E-state index contributed by atoms with van der Waals surface area (Å²) < 4.78 is 2.79. The summed E-state index contributed by atoms with van der Waals surface area (Å²) >= 11 is 9.41. The molecule has 0 aliphatic heterocycles. The lowest BCUT2D eigenvalue weighted by Crippen LogP contribution is -2.04. The highest BCUT2D eigenvalue weighted by atomic mass is 79.9. The van der Waals surface area contributed by atoms with Gasteiger partial charge in [-0.25, -0.2) is 9.67 Å². The number of hydrogen-bond donors (Lipinski definition) is 1. The first-order valence-electron chi connectivity index (χ1n) is 5.52. The molecule has 7 heteroatoms. The van der Waals surface area contributed by atoms with Gasteiger partial charge >= 0.3 is 0 Å². The van der Waals surface area contributed by atoms with Crippen LogP contribution in [0.4, 0.5) is 5.95 Å². The Kier molecular flexibility index (Phi) is 3.12. The van der Waals surface area contributed by atoms with E-state index in [-0.39, 0.29) is 5.95 Å². The zero-order chi connectivity index (χ0) is 13.4. The molecule has 5 nitrogen and oxygen atoms in total. The van der Waals surface area contributed by atoms with Crippen molar-refractivity contribution in [1.82, 2.24) is 19.7 Å². The Morgan fingerprint density at radius 3 is 2.68 bits per heavy atom. The van der Waals surface area contributed by atoms with Crippen molar-refractivity contribution in [1.29, 1.82) is 0 Å². The summed E-state index contributed by atoms with van der Waals surface area (Å²) in [5.41, 5.74) is 7.36. The Bertz CT molecular complexity index is 738. The largest absolute Gasteiger partial charge is 0.368 e. The van der Waals surface area contributed by atoms with Crippen LogP contribution >= 0.6 is 27.5 Å². The number of rotatable bonds is 2. The third-order valence-corrected chi connectivity index (χ3v) is 3.53. The van der Waals surface area contributed by atoms with Crippen LogP contribution in [0.3, 0.4) is 0 Å². The number of anilines is 1. The minimum absolute atomic E-state index is 0.148. The normalized spacial score (nSPS) is 11.1. The van der Waals surface area contributed by atoms with Gasteiger partial charge in [0.1, 0.15) is 5.15 Å². The molecule has 1 aromatic carbocycles. The molecule has 0 spiro atoms. The molecule has 0 aliphatic carbocycles. The van der Waals surface area contributed by atoms with Crippen molar-refractivity contribution < 1.29 is 0 Å². The van der Waals surface area contributed by atoms with E-state index in [1.54, 1.807) is 10.9 Å². The molecular weight excluding hydrogens is 330 g/mol. The van der Waals surface area contributed by atoms with Gasteiger partial charge in [-0.1, -0.05) is 39.7 Å². The molecule has 96 valence electrons. The van der Waals surface area contributed by atoms with Gasteiger partial charge in [-0.15, -0.1) is 0 Å². The lowest BCUT2D eigenvalue weighted by molar-refractivity contribution is 0.704. The zero-order valence-electron chi connectivity index (χ0n) is 9.72. The van der Waals surface area contributed by atoms with Crippen molar-refractivity contribution in [2.24, 2.45) is 0 Å². The van der Waals surface area contributed by atoms with Crippen molar-refractivity contribution in [3.8, 4) is 0 Å². The number of nitrogens with zero attached hydrogens (tertiary/aromatic N) is 4. The molecule has 0 aliphatic rings. The number of nitrogens with two attached hydrogens (primary N) is 1. The predicted octanol–water partition coefficient (Wildman–Crippen LogP) is 2.87. The van der Waals surface area contributed by atoms with E-state index in [2.05, 4.69) is 31.0 Å². The van der Waals surface area contributed by atoms with Gasteiger partial charge < -0.3 is 5.73 Å². The summed E-state index contributed by atoms with van der Waals surface area (Å²) in [4.78, 5) is 8.09. The van der Waals surface area contributed by atoms with Gasteiger partial charge in [0.15, 0.2) is 5.65 Å². The van der Waals surface area contributed by atoms with Gasteiger partial charge in [-0.3, -0.25) is 0 Å². The highest BCUT2D eigenvalue weighted by Gasteiger charge is 2.10. The van der Waals surface area contributed by atoms with E-state index in [9.17, 15) is 0 Å². The molecule has 3 aromatic rings. The lowest BCUT2D eigenvalue weighted by Gasteiger charge is -2.04. The van der Waals surface area contributed by atoms with Crippen LogP contribution in [-0.2, 0) is 6.54 Å². The maximum absolute atomic E-state index is 6.01. The summed E-state index contributed by atoms with van der Waals surface area (Å²) in [6.07, 6.45) is 1.65. The Balaban J connectivity index is 2.03. The molecule has 0 atom stereocenters. The van der Waals surface area contributed by atoms with Crippen LogP contribution in [-0.4, -0.2) is 19.7 Å². The maximum Gasteiger partial charge on any atom is 0.223 e. The Morgan fingerprint density at radius 2 is 1.95 bits per heavy atom. The summed E-state index contributed by atoms with van der Waals surface area (Å²) in [6, 6.07) is 8.00. The van der Waals surface area contributed by atoms with Crippen LogP contribution in [0.1, 0.15) is 5.56 Å². The van der Waals surface area contributed by atoms with Gasteiger partial charge in [0.2, 0.25) is 5.95 Å². The summed E-state index contributed by atoms with van der Waals surface area (Å²) in [5.74, 6) is 0.148. The maximum atomic E-state index is 6.01. The topological polar surface area (TPSA) is 69.6 Å². The molecule has 0 bridgehead atoms. The van der Waals surface area contributed by atoms with Crippen molar-refractivity contribution in [3.63, 3.8) is 0 Å². The van der Waals surface area contributed by atoms with Crippen molar-refractivity contribution in [2.45, 2.75) is 6.54 Å². The first-order valence-corrected chi connectivity index (χ1v) is 6.69. The van der Waals surface area contributed by atoms with E-state index in [0.717, 1.165) is 10.0 Å². The Hall–Kier alpha value is -1.66. The van der Waals surface area contributed by atoms with Crippen LogP contribution in [0.5, 0.6) is 0 Å². The highest BCUT2D eigenvalue weighted by Crippen LogP contribution is 2.21. The third-order valence-electron chi connectivity index (χ3n) is 2.71. The molecule has 0 radical (unpaired) electrons. The van der Waals surface area contributed by atoms with Crippen LogP contribution < -0.4 is 5.73 Å². The molecule has 2 heterocycles. The number of aromatic nitrogens is 4. The summed E-state index contributed by atoms with van der Waals surface area (Å²) in [7, 11) is 0. The van der Waals surface area contributed by atoms with Crippen molar-refractivity contribution in [3.05, 3.63) is 45.7 Å². The van der Waals surface area contributed by atoms with Gasteiger partial charge in [0.25, 0.3) is 0 Å². The zero-order valence-corrected chi connectivity index (χ0v) is 12.1. The second kappa shape index (κ2) is 4.79. The lowest BCUT2D eigenvalue weighted by atomic mass is 10.2. The molecule has 19 heavy (non-hydrogen) atoms. The number of benzene rings is 1. The fraction of sp³-hybridized carbons (Fsp3) is 0.0833. The Labute approximate surface area is 122 Å². The first kappa shape index (κ1) is 12.4. The number of hydrogen-bond acceptors (Lipinski definition) is 4. The standard InChI is InChI=1S/C12H9BrClN5/c13-8-3-1-7(2-4-8)6-19-11-9(5-16-19)10(14)17-12(15)18-11/h1-5H,6H2,(H2,15,17,18). The van der Waals surface area contributed by atoms with E-state index in [1.165, 1.54) is 0 Å². The number of nitrogen functional groups attached to an aromatic ring is 1. The summed E-state index contributed by atoms with van der Waals surface area (Å²) in [5, 5.41) is 5.30. The quantitative estimate of drug-likeness (QED) is 0.729. The van der Waals surface area contributed by atoms with E-state index >= 15 is 0 Å². The smallest absolute Gasteiger partial charge is 0.223 e.